The first-order valence-corrected chi connectivity index (χ1v) is 7.29. The summed E-state index contributed by atoms with van der Waals surface area (Å²) in [5.74, 6) is 2.46. The number of aromatic nitrogens is 2. The van der Waals surface area contributed by atoms with Gasteiger partial charge in [0.05, 0.1) is 6.54 Å². The molecule has 102 valence electrons. The van der Waals surface area contributed by atoms with Crippen LogP contribution in [0.5, 0.6) is 0 Å². The van der Waals surface area contributed by atoms with Gasteiger partial charge in [0, 0.05) is 12.5 Å². The monoisotopic (exact) mass is 251 g/mol. The minimum atomic E-state index is 0.453. The van der Waals surface area contributed by atoms with Crippen molar-refractivity contribution >= 4 is 0 Å². The SMILES string of the molecule is CC(C)NCc1noc(CCC2CCCCC2)n1. The van der Waals surface area contributed by atoms with Crippen LogP contribution in [0.25, 0.3) is 0 Å². The Morgan fingerprint density at radius 2 is 2.06 bits per heavy atom. The summed E-state index contributed by atoms with van der Waals surface area (Å²) in [4.78, 5) is 4.43. The predicted octanol–water partition coefficient (Wildman–Crippen LogP) is 3.08. The Hall–Kier alpha value is -0.900. The molecule has 0 aromatic carbocycles. The van der Waals surface area contributed by atoms with E-state index in [-0.39, 0.29) is 0 Å². The summed E-state index contributed by atoms with van der Waals surface area (Å²) in [5.41, 5.74) is 0. The van der Waals surface area contributed by atoms with E-state index < -0.39 is 0 Å². The summed E-state index contributed by atoms with van der Waals surface area (Å²) in [6, 6.07) is 0.453. The Morgan fingerprint density at radius 1 is 1.28 bits per heavy atom. The fraction of sp³-hybridized carbons (Fsp3) is 0.857. The van der Waals surface area contributed by atoms with Crippen molar-refractivity contribution in [1.29, 1.82) is 0 Å². The van der Waals surface area contributed by atoms with Crippen molar-refractivity contribution in [2.24, 2.45) is 5.92 Å². The highest BCUT2D eigenvalue weighted by molar-refractivity contribution is 4.87. The highest BCUT2D eigenvalue weighted by Gasteiger charge is 2.15. The summed E-state index contributed by atoms with van der Waals surface area (Å²) in [5, 5.41) is 7.30. The molecule has 0 spiro atoms. The number of hydrogen-bond acceptors (Lipinski definition) is 4. The zero-order valence-corrected chi connectivity index (χ0v) is 11.6. The second-order valence-corrected chi connectivity index (χ2v) is 5.68. The zero-order valence-electron chi connectivity index (χ0n) is 11.6. The number of rotatable bonds is 6. The van der Waals surface area contributed by atoms with Crippen molar-refractivity contribution in [1.82, 2.24) is 15.5 Å². The van der Waals surface area contributed by atoms with E-state index in [9.17, 15) is 0 Å². The molecule has 1 saturated carbocycles. The quantitative estimate of drug-likeness (QED) is 0.844. The second kappa shape index (κ2) is 6.88. The smallest absolute Gasteiger partial charge is 0.226 e. The molecule has 1 heterocycles. The van der Waals surface area contributed by atoms with E-state index >= 15 is 0 Å². The average Bonchev–Trinajstić information content (AvgIpc) is 2.83. The summed E-state index contributed by atoms with van der Waals surface area (Å²) in [6.45, 7) is 4.93. The molecule has 1 aliphatic carbocycles. The van der Waals surface area contributed by atoms with Crippen molar-refractivity contribution in [3.63, 3.8) is 0 Å². The van der Waals surface area contributed by atoms with Crippen molar-refractivity contribution < 1.29 is 4.52 Å². The molecular formula is C14H25N3O. The minimum Gasteiger partial charge on any atom is -0.339 e. The fourth-order valence-electron chi connectivity index (χ4n) is 2.56. The van der Waals surface area contributed by atoms with Crippen molar-refractivity contribution in [2.75, 3.05) is 0 Å². The van der Waals surface area contributed by atoms with Gasteiger partial charge in [-0.1, -0.05) is 51.1 Å². The zero-order chi connectivity index (χ0) is 12.8. The lowest BCUT2D eigenvalue weighted by atomic mass is 9.86. The molecule has 1 N–H and O–H groups in total. The standard InChI is InChI=1S/C14H25N3O/c1-11(2)15-10-13-16-14(18-17-13)9-8-12-6-4-3-5-7-12/h11-12,15H,3-10H2,1-2H3. The molecule has 0 radical (unpaired) electrons. The number of nitrogens with zero attached hydrogens (tertiary/aromatic N) is 2. The van der Waals surface area contributed by atoms with Crippen LogP contribution >= 0.6 is 0 Å². The Balaban J connectivity index is 1.72. The van der Waals surface area contributed by atoms with E-state index in [0.29, 0.717) is 12.6 Å². The largest absolute Gasteiger partial charge is 0.339 e. The first kappa shape index (κ1) is 13.5. The van der Waals surface area contributed by atoms with Crippen LogP contribution in [0, 0.1) is 5.92 Å². The maximum Gasteiger partial charge on any atom is 0.226 e. The Bertz CT molecular complexity index is 343. The maximum absolute atomic E-state index is 5.29. The molecule has 1 aliphatic rings. The molecule has 0 aliphatic heterocycles. The van der Waals surface area contributed by atoms with Gasteiger partial charge in [-0.05, 0) is 12.3 Å². The van der Waals surface area contributed by atoms with Gasteiger partial charge in [0.2, 0.25) is 5.89 Å². The number of aryl methyl sites for hydroxylation is 1. The number of nitrogens with one attached hydrogen (secondary N) is 1. The van der Waals surface area contributed by atoms with Gasteiger partial charge in [-0.2, -0.15) is 4.98 Å². The molecule has 1 aromatic rings. The van der Waals surface area contributed by atoms with Gasteiger partial charge in [0.15, 0.2) is 5.82 Å². The van der Waals surface area contributed by atoms with E-state index in [4.69, 9.17) is 4.52 Å². The van der Waals surface area contributed by atoms with Crippen LogP contribution in [0.4, 0.5) is 0 Å². The molecule has 0 atom stereocenters. The number of hydrogen-bond donors (Lipinski definition) is 1. The highest BCUT2D eigenvalue weighted by atomic mass is 16.5. The van der Waals surface area contributed by atoms with Gasteiger partial charge in [-0.15, -0.1) is 0 Å². The molecule has 0 unspecified atom stereocenters. The maximum atomic E-state index is 5.29. The second-order valence-electron chi connectivity index (χ2n) is 5.68. The topological polar surface area (TPSA) is 51.0 Å². The molecule has 4 nitrogen and oxygen atoms in total. The first-order valence-electron chi connectivity index (χ1n) is 7.29. The lowest BCUT2D eigenvalue weighted by Crippen LogP contribution is -2.22. The van der Waals surface area contributed by atoms with E-state index in [1.54, 1.807) is 0 Å². The summed E-state index contributed by atoms with van der Waals surface area (Å²) in [6.07, 6.45) is 9.14. The van der Waals surface area contributed by atoms with E-state index in [2.05, 4.69) is 29.3 Å². The van der Waals surface area contributed by atoms with Crippen LogP contribution in [0.2, 0.25) is 0 Å². The van der Waals surface area contributed by atoms with Crippen molar-refractivity contribution in [2.45, 2.75) is 71.4 Å². The van der Waals surface area contributed by atoms with Crippen LogP contribution in [-0.4, -0.2) is 16.2 Å². The van der Waals surface area contributed by atoms with Crippen molar-refractivity contribution in [3.05, 3.63) is 11.7 Å². The van der Waals surface area contributed by atoms with Gasteiger partial charge in [0.25, 0.3) is 0 Å². The Kier molecular flexibility index (Phi) is 5.17. The molecular weight excluding hydrogens is 226 g/mol. The van der Waals surface area contributed by atoms with Gasteiger partial charge in [0.1, 0.15) is 0 Å². The van der Waals surface area contributed by atoms with Crippen LogP contribution in [0.1, 0.15) is 64.1 Å². The van der Waals surface area contributed by atoms with Crippen LogP contribution in [-0.2, 0) is 13.0 Å². The molecule has 0 bridgehead atoms. The summed E-state index contributed by atoms with van der Waals surface area (Å²) in [7, 11) is 0. The lowest BCUT2D eigenvalue weighted by molar-refractivity contribution is 0.313. The average molecular weight is 251 g/mol. The minimum absolute atomic E-state index is 0.453. The van der Waals surface area contributed by atoms with Gasteiger partial charge < -0.3 is 9.84 Å². The Labute approximate surface area is 110 Å². The third-order valence-electron chi connectivity index (χ3n) is 3.67. The van der Waals surface area contributed by atoms with E-state index in [1.807, 2.05) is 0 Å². The molecule has 1 fully saturated rings. The molecule has 1 aromatic heterocycles. The molecule has 18 heavy (non-hydrogen) atoms. The van der Waals surface area contributed by atoms with Crippen molar-refractivity contribution in [3.8, 4) is 0 Å². The first-order chi connectivity index (χ1) is 8.74. The normalized spacial score (nSPS) is 17.5. The fourth-order valence-corrected chi connectivity index (χ4v) is 2.56. The van der Waals surface area contributed by atoms with E-state index in [0.717, 1.165) is 24.1 Å². The molecule has 2 rings (SSSR count). The van der Waals surface area contributed by atoms with Gasteiger partial charge in [-0.25, -0.2) is 0 Å². The predicted molar refractivity (Wildman–Crippen MR) is 71.2 cm³/mol. The molecule has 0 amide bonds. The van der Waals surface area contributed by atoms with Gasteiger partial charge >= 0.3 is 0 Å². The Morgan fingerprint density at radius 3 is 2.78 bits per heavy atom. The summed E-state index contributed by atoms with van der Waals surface area (Å²) < 4.78 is 5.29. The molecule has 4 heteroatoms. The van der Waals surface area contributed by atoms with Crippen LogP contribution < -0.4 is 5.32 Å². The van der Waals surface area contributed by atoms with E-state index in [1.165, 1.54) is 38.5 Å². The lowest BCUT2D eigenvalue weighted by Gasteiger charge is -2.20. The van der Waals surface area contributed by atoms with Crippen LogP contribution in [0.3, 0.4) is 0 Å². The molecule has 0 saturated heterocycles. The highest BCUT2D eigenvalue weighted by Crippen LogP contribution is 2.27. The summed E-state index contributed by atoms with van der Waals surface area (Å²) >= 11 is 0. The van der Waals surface area contributed by atoms with Gasteiger partial charge in [-0.3, -0.25) is 0 Å². The third-order valence-corrected chi connectivity index (χ3v) is 3.67. The van der Waals surface area contributed by atoms with Crippen LogP contribution in [0.15, 0.2) is 4.52 Å². The third kappa shape index (κ3) is 4.41.